The Hall–Kier alpha value is -0.990. The average molecular weight is 417 g/mol. The van der Waals surface area contributed by atoms with Gasteiger partial charge in [-0.1, -0.05) is 44.7 Å². The summed E-state index contributed by atoms with van der Waals surface area (Å²) in [5.41, 5.74) is -0.699. The fourth-order valence-corrected chi connectivity index (χ4v) is 3.09. The van der Waals surface area contributed by atoms with Crippen LogP contribution in [0.4, 0.5) is 0 Å². The number of hydrogen-bond donors (Lipinski definition) is 0. The fourth-order valence-electron chi connectivity index (χ4n) is 1.84. The molecule has 0 saturated carbocycles. The topological polar surface area (TPSA) is 29.5 Å². The number of amides is 1. The molecule has 0 saturated heterocycles. The van der Waals surface area contributed by atoms with Crippen LogP contribution in [0, 0.1) is 11.8 Å². The van der Waals surface area contributed by atoms with Gasteiger partial charge in [-0.05, 0) is 45.4 Å². The van der Waals surface area contributed by atoms with Crippen LogP contribution in [0.1, 0.15) is 40.5 Å². The molecule has 21 heavy (non-hydrogen) atoms. The van der Waals surface area contributed by atoms with Crippen LogP contribution in [0.3, 0.4) is 0 Å². The van der Waals surface area contributed by atoms with Crippen molar-refractivity contribution in [1.29, 1.82) is 0 Å². The predicted octanol–water partition coefficient (Wildman–Crippen LogP) is 4.94. The maximum absolute atomic E-state index is 12.3. The van der Waals surface area contributed by atoms with Crippen molar-refractivity contribution in [3.05, 3.63) is 27.1 Å². The fraction of sp³-hybridized carbons (Fsp3) is 0.438. The largest absolute Gasteiger partial charge is 0.375 e. The highest BCUT2D eigenvalue weighted by atomic mass is 79.9. The van der Waals surface area contributed by atoms with Gasteiger partial charge in [0.1, 0.15) is 5.54 Å². The van der Waals surface area contributed by atoms with E-state index in [1.54, 1.807) is 6.92 Å². The highest BCUT2D eigenvalue weighted by Gasteiger charge is 2.31. The monoisotopic (exact) mass is 415 g/mol. The lowest BCUT2D eigenvalue weighted by molar-refractivity contribution is -0.170. The molecule has 0 heterocycles. The Bertz CT molecular complexity index is 553. The molecule has 0 spiro atoms. The van der Waals surface area contributed by atoms with Gasteiger partial charge in [0.05, 0.1) is 0 Å². The molecule has 1 amide bonds. The van der Waals surface area contributed by atoms with Crippen molar-refractivity contribution >= 4 is 37.8 Å². The number of nitrogens with zero attached hydrogens (tertiary/aromatic N) is 1. The lowest BCUT2D eigenvalue weighted by Crippen LogP contribution is -2.49. The second-order valence-electron chi connectivity index (χ2n) is 5.07. The summed E-state index contributed by atoms with van der Waals surface area (Å²) in [6.45, 7) is 7.44. The minimum Gasteiger partial charge on any atom is -0.375 e. The summed E-state index contributed by atoms with van der Waals surface area (Å²) in [6.07, 6.45) is 1.18. The number of halogens is 2. The number of benzene rings is 1. The summed E-state index contributed by atoms with van der Waals surface area (Å²) in [6, 6.07) is 5.53. The zero-order chi connectivity index (χ0) is 16.0. The van der Waals surface area contributed by atoms with Crippen molar-refractivity contribution in [1.82, 2.24) is 5.06 Å². The van der Waals surface area contributed by atoms with Gasteiger partial charge in [0.15, 0.2) is 5.75 Å². The Morgan fingerprint density at radius 2 is 1.86 bits per heavy atom. The highest BCUT2D eigenvalue weighted by molar-refractivity contribution is 9.11. The maximum Gasteiger partial charge on any atom is 0.256 e. The van der Waals surface area contributed by atoms with Crippen molar-refractivity contribution in [2.24, 2.45) is 0 Å². The first-order valence-corrected chi connectivity index (χ1v) is 8.29. The molecule has 1 rings (SSSR count). The standard InChI is InChI=1S/C16H19Br2NO2/c1-5-7-15(20)19(16(3,4)8-6-2)21-14-10-12(17)9-13(18)11-14/h9-11H,5,7H2,1-4H3. The van der Waals surface area contributed by atoms with Crippen LogP contribution < -0.4 is 4.84 Å². The molecule has 0 aliphatic carbocycles. The molecule has 1 aromatic rings. The molecule has 0 fully saturated rings. The molecule has 0 aromatic heterocycles. The highest BCUT2D eigenvalue weighted by Crippen LogP contribution is 2.27. The molecule has 0 atom stereocenters. The summed E-state index contributed by atoms with van der Waals surface area (Å²) in [5.74, 6) is 6.36. The van der Waals surface area contributed by atoms with E-state index in [-0.39, 0.29) is 5.91 Å². The quantitative estimate of drug-likeness (QED) is 0.502. The van der Waals surface area contributed by atoms with Crippen molar-refractivity contribution in [2.45, 2.75) is 46.1 Å². The molecular weight excluding hydrogens is 398 g/mol. The Morgan fingerprint density at radius 1 is 1.29 bits per heavy atom. The second-order valence-corrected chi connectivity index (χ2v) is 6.90. The molecule has 114 valence electrons. The third-order valence-corrected chi connectivity index (χ3v) is 3.58. The number of carbonyl (C=O) groups is 1. The first-order valence-electron chi connectivity index (χ1n) is 6.71. The van der Waals surface area contributed by atoms with E-state index >= 15 is 0 Å². The molecular formula is C16H19Br2NO2. The van der Waals surface area contributed by atoms with Gasteiger partial charge >= 0.3 is 0 Å². The first-order chi connectivity index (χ1) is 9.80. The number of hydroxylamine groups is 2. The van der Waals surface area contributed by atoms with Crippen LogP contribution in [-0.2, 0) is 4.79 Å². The smallest absolute Gasteiger partial charge is 0.256 e. The maximum atomic E-state index is 12.3. The zero-order valence-corrected chi connectivity index (χ0v) is 15.8. The Morgan fingerprint density at radius 3 is 2.33 bits per heavy atom. The minimum atomic E-state index is -0.699. The number of hydrogen-bond acceptors (Lipinski definition) is 2. The van der Waals surface area contributed by atoms with E-state index in [1.165, 1.54) is 5.06 Å². The van der Waals surface area contributed by atoms with E-state index in [0.29, 0.717) is 12.2 Å². The Kier molecular flexibility index (Phi) is 6.76. The average Bonchev–Trinajstić information content (AvgIpc) is 2.34. The molecule has 5 heteroatoms. The van der Waals surface area contributed by atoms with E-state index in [2.05, 4.69) is 43.7 Å². The van der Waals surface area contributed by atoms with Crippen LogP contribution in [-0.4, -0.2) is 16.5 Å². The molecule has 0 N–H and O–H groups in total. The predicted molar refractivity (Wildman–Crippen MR) is 91.8 cm³/mol. The molecule has 0 radical (unpaired) electrons. The molecule has 1 aromatic carbocycles. The van der Waals surface area contributed by atoms with Crippen LogP contribution in [0.5, 0.6) is 5.75 Å². The van der Waals surface area contributed by atoms with Gasteiger partial charge in [0.25, 0.3) is 5.91 Å². The lowest BCUT2D eigenvalue weighted by Gasteiger charge is -2.33. The van der Waals surface area contributed by atoms with Gasteiger partial charge in [0.2, 0.25) is 0 Å². The van der Waals surface area contributed by atoms with Gasteiger partial charge < -0.3 is 4.84 Å². The van der Waals surface area contributed by atoms with E-state index < -0.39 is 5.54 Å². The summed E-state index contributed by atoms with van der Waals surface area (Å²) in [5, 5.41) is 1.36. The van der Waals surface area contributed by atoms with E-state index in [1.807, 2.05) is 39.0 Å². The third-order valence-electron chi connectivity index (χ3n) is 2.66. The normalized spacial score (nSPS) is 10.6. The van der Waals surface area contributed by atoms with Crippen LogP contribution in [0.2, 0.25) is 0 Å². The van der Waals surface area contributed by atoms with Crippen LogP contribution in [0.15, 0.2) is 27.1 Å². The third kappa shape index (κ3) is 5.37. The molecule has 0 unspecified atom stereocenters. The second kappa shape index (κ2) is 7.86. The van der Waals surface area contributed by atoms with Gasteiger partial charge in [-0.3, -0.25) is 4.79 Å². The summed E-state index contributed by atoms with van der Waals surface area (Å²) in [7, 11) is 0. The van der Waals surface area contributed by atoms with Gasteiger partial charge in [-0.2, -0.15) is 5.06 Å². The molecule has 3 nitrogen and oxygen atoms in total. The van der Waals surface area contributed by atoms with Gasteiger partial charge in [0, 0.05) is 15.4 Å². The Labute approximate surface area is 143 Å². The number of rotatable bonds is 5. The molecule has 0 aliphatic rings. The van der Waals surface area contributed by atoms with E-state index in [9.17, 15) is 4.79 Å². The summed E-state index contributed by atoms with van der Waals surface area (Å²) in [4.78, 5) is 18.2. The van der Waals surface area contributed by atoms with Crippen molar-refractivity contribution in [2.75, 3.05) is 0 Å². The first kappa shape index (κ1) is 18.1. The Balaban J connectivity index is 3.12. The van der Waals surface area contributed by atoms with Gasteiger partial charge in [-0.25, -0.2) is 0 Å². The van der Waals surface area contributed by atoms with Crippen molar-refractivity contribution in [3.63, 3.8) is 0 Å². The van der Waals surface area contributed by atoms with Crippen molar-refractivity contribution in [3.8, 4) is 17.6 Å². The summed E-state index contributed by atoms with van der Waals surface area (Å²) < 4.78 is 1.74. The van der Waals surface area contributed by atoms with E-state index in [0.717, 1.165) is 15.4 Å². The molecule has 0 aliphatic heterocycles. The van der Waals surface area contributed by atoms with Crippen molar-refractivity contribution < 1.29 is 9.63 Å². The van der Waals surface area contributed by atoms with Crippen LogP contribution in [0.25, 0.3) is 0 Å². The zero-order valence-electron chi connectivity index (χ0n) is 12.7. The summed E-state index contributed by atoms with van der Waals surface area (Å²) >= 11 is 6.82. The van der Waals surface area contributed by atoms with E-state index in [4.69, 9.17) is 4.84 Å². The van der Waals surface area contributed by atoms with Crippen LogP contribution >= 0.6 is 31.9 Å². The minimum absolute atomic E-state index is 0.0821. The number of carbonyl (C=O) groups excluding carboxylic acids is 1. The SMILES string of the molecule is CC#CC(C)(C)N(Oc1cc(Br)cc(Br)c1)C(=O)CCC. The van der Waals surface area contributed by atoms with Gasteiger partial charge in [-0.15, -0.1) is 5.92 Å². The lowest BCUT2D eigenvalue weighted by atomic mass is 10.1. The molecule has 0 bridgehead atoms.